The van der Waals surface area contributed by atoms with Gasteiger partial charge in [-0.3, -0.25) is 4.79 Å². The number of aliphatic hydroxyl groups excluding tert-OH is 1. The normalized spacial score (nSPS) is 23.4. The summed E-state index contributed by atoms with van der Waals surface area (Å²) in [7, 11) is 0. The number of amides is 1. The highest BCUT2D eigenvalue weighted by molar-refractivity contribution is 5.79. The van der Waals surface area contributed by atoms with Crippen LogP contribution in [0.15, 0.2) is 6.07 Å². The van der Waals surface area contributed by atoms with Crippen LogP contribution in [0.4, 0.5) is 11.8 Å². The van der Waals surface area contributed by atoms with Crippen LogP contribution in [0.3, 0.4) is 0 Å². The van der Waals surface area contributed by atoms with Gasteiger partial charge in [0.25, 0.3) is 0 Å². The summed E-state index contributed by atoms with van der Waals surface area (Å²) in [5.74, 6) is 2.33. The van der Waals surface area contributed by atoms with Gasteiger partial charge in [-0.15, -0.1) is 0 Å². The predicted octanol–water partition coefficient (Wildman–Crippen LogP) is 0.833. The SMILES string of the molecule is O=C(C1CCC1)N1CCN(c2cc([C@@H]3CCOC3)nc(NCCO)n2)CC1. The number of carbonyl (C=O) groups is 1. The van der Waals surface area contributed by atoms with Gasteiger partial charge in [-0.1, -0.05) is 6.42 Å². The van der Waals surface area contributed by atoms with E-state index in [1.54, 1.807) is 0 Å². The molecular weight excluding hydrogens is 346 g/mol. The number of aliphatic hydroxyl groups is 1. The fraction of sp³-hybridized carbons (Fsp3) is 0.737. The van der Waals surface area contributed by atoms with Gasteiger partial charge in [-0.2, -0.15) is 4.98 Å². The topological polar surface area (TPSA) is 90.8 Å². The summed E-state index contributed by atoms with van der Waals surface area (Å²) in [5.41, 5.74) is 0.992. The van der Waals surface area contributed by atoms with Gasteiger partial charge in [-0.25, -0.2) is 4.98 Å². The van der Waals surface area contributed by atoms with Gasteiger partial charge in [0, 0.05) is 57.2 Å². The van der Waals surface area contributed by atoms with Crippen LogP contribution in [-0.2, 0) is 9.53 Å². The maximum absolute atomic E-state index is 12.5. The first-order valence-electron chi connectivity index (χ1n) is 10.1. The van der Waals surface area contributed by atoms with Crippen molar-refractivity contribution in [2.75, 3.05) is 62.8 Å². The third-order valence-electron chi connectivity index (χ3n) is 5.85. The lowest BCUT2D eigenvalue weighted by atomic mass is 9.84. The van der Waals surface area contributed by atoms with Crippen molar-refractivity contribution in [1.82, 2.24) is 14.9 Å². The zero-order valence-corrected chi connectivity index (χ0v) is 15.8. The van der Waals surface area contributed by atoms with Gasteiger partial charge >= 0.3 is 0 Å². The number of hydrogen-bond donors (Lipinski definition) is 2. The maximum atomic E-state index is 12.5. The van der Waals surface area contributed by atoms with E-state index in [1.165, 1.54) is 6.42 Å². The van der Waals surface area contributed by atoms with Crippen LogP contribution in [0.5, 0.6) is 0 Å². The molecule has 2 N–H and O–H groups in total. The van der Waals surface area contributed by atoms with Gasteiger partial charge in [-0.05, 0) is 19.3 Å². The molecule has 0 aromatic carbocycles. The molecule has 1 amide bonds. The number of hydrogen-bond acceptors (Lipinski definition) is 7. The average Bonchev–Trinajstić information content (AvgIpc) is 3.20. The van der Waals surface area contributed by atoms with Gasteiger partial charge in [0.15, 0.2) is 0 Å². The Hall–Kier alpha value is -1.93. The summed E-state index contributed by atoms with van der Waals surface area (Å²) in [4.78, 5) is 26.0. The Morgan fingerprint density at radius 2 is 2.04 bits per heavy atom. The Morgan fingerprint density at radius 3 is 2.67 bits per heavy atom. The third kappa shape index (κ3) is 4.16. The summed E-state index contributed by atoms with van der Waals surface area (Å²) >= 11 is 0. The van der Waals surface area contributed by atoms with E-state index in [0.29, 0.717) is 30.9 Å². The molecule has 1 aromatic heterocycles. The summed E-state index contributed by atoms with van der Waals surface area (Å²) in [6, 6.07) is 2.06. The van der Waals surface area contributed by atoms with E-state index >= 15 is 0 Å². The lowest BCUT2D eigenvalue weighted by molar-refractivity contribution is -0.138. The molecule has 148 valence electrons. The van der Waals surface area contributed by atoms with Crippen molar-refractivity contribution in [3.8, 4) is 0 Å². The van der Waals surface area contributed by atoms with E-state index in [1.807, 2.05) is 4.90 Å². The van der Waals surface area contributed by atoms with Crippen LogP contribution in [0.1, 0.15) is 37.3 Å². The number of nitrogens with zero attached hydrogens (tertiary/aromatic N) is 4. The first-order chi connectivity index (χ1) is 13.2. The van der Waals surface area contributed by atoms with Crippen LogP contribution in [0.25, 0.3) is 0 Å². The molecule has 27 heavy (non-hydrogen) atoms. The average molecular weight is 375 g/mol. The van der Waals surface area contributed by atoms with E-state index in [2.05, 4.69) is 26.3 Å². The maximum Gasteiger partial charge on any atom is 0.225 e. The van der Waals surface area contributed by atoms with Crippen LogP contribution in [-0.4, -0.2) is 78.4 Å². The molecule has 3 aliphatic rings. The number of ether oxygens (including phenoxy) is 1. The fourth-order valence-electron chi connectivity index (χ4n) is 3.91. The Bertz CT molecular complexity index is 653. The van der Waals surface area contributed by atoms with Gasteiger partial charge in [0.05, 0.1) is 18.9 Å². The first kappa shape index (κ1) is 18.4. The molecule has 2 saturated heterocycles. The molecule has 4 rings (SSSR count). The van der Waals surface area contributed by atoms with E-state index in [-0.39, 0.29) is 12.5 Å². The highest BCUT2D eigenvalue weighted by Crippen LogP contribution is 2.30. The molecule has 1 aromatic rings. The quantitative estimate of drug-likeness (QED) is 0.761. The molecule has 0 radical (unpaired) electrons. The van der Waals surface area contributed by atoms with E-state index in [4.69, 9.17) is 9.84 Å². The van der Waals surface area contributed by atoms with Crippen LogP contribution in [0, 0.1) is 5.92 Å². The lowest BCUT2D eigenvalue weighted by Gasteiger charge is -2.38. The van der Waals surface area contributed by atoms with E-state index in [9.17, 15) is 4.79 Å². The van der Waals surface area contributed by atoms with Crippen LogP contribution in [0.2, 0.25) is 0 Å². The highest BCUT2D eigenvalue weighted by atomic mass is 16.5. The van der Waals surface area contributed by atoms with Crippen molar-refractivity contribution in [1.29, 1.82) is 0 Å². The molecule has 1 atom stereocenters. The fourth-order valence-corrected chi connectivity index (χ4v) is 3.91. The van der Waals surface area contributed by atoms with Gasteiger partial charge < -0.3 is 25.0 Å². The van der Waals surface area contributed by atoms with E-state index in [0.717, 1.165) is 63.6 Å². The summed E-state index contributed by atoms with van der Waals surface area (Å²) in [5, 5.41) is 12.2. The van der Waals surface area contributed by atoms with Crippen molar-refractivity contribution in [3.63, 3.8) is 0 Å². The molecule has 0 spiro atoms. The number of anilines is 2. The summed E-state index contributed by atoms with van der Waals surface area (Å²) < 4.78 is 5.52. The number of aromatic nitrogens is 2. The molecule has 3 fully saturated rings. The molecule has 8 heteroatoms. The smallest absolute Gasteiger partial charge is 0.225 e. The molecule has 1 saturated carbocycles. The molecule has 2 aliphatic heterocycles. The number of rotatable bonds is 6. The minimum atomic E-state index is 0.0391. The van der Waals surface area contributed by atoms with Crippen LogP contribution < -0.4 is 10.2 Å². The molecule has 8 nitrogen and oxygen atoms in total. The molecule has 1 aliphatic carbocycles. The minimum Gasteiger partial charge on any atom is -0.395 e. The second kappa shape index (κ2) is 8.39. The Balaban J connectivity index is 1.45. The highest BCUT2D eigenvalue weighted by Gasteiger charge is 2.31. The monoisotopic (exact) mass is 375 g/mol. The third-order valence-corrected chi connectivity index (χ3v) is 5.85. The molecular formula is C19H29N5O3. The van der Waals surface area contributed by atoms with Crippen molar-refractivity contribution >= 4 is 17.7 Å². The van der Waals surface area contributed by atoms with E-state index < -0.39 is 0 Å². The molecule has 3 heterocycles. The predicted molar refractivity (Wildman–Crippen MR) is 102 cm³/mol. The Labute approximate surface area is 159 Å². The zero-order chi connectivity index (χ0) is 18.6. The largest absolute Gasteiger partial charge is 0.395 e. The second-order valence-corrected chi connectivity index (χ2v) is 7.63. The summed E-state index contributed by atoms with van der Waals surface area (Å²) in [6.07, 6.45) is 4.27. The second-order valence-electron chi connectivity index (χ2n) is 7.63. The van der Waals surface area contributed by atoms with Crippen LogP contribution >= 0.6 is 0 Å². The lowest BCUT2D eigenvalue weighted by Crippen LogP contribution is -2.51. The minimum absolute atomic E-state index is 0.0391. The number of nitrogens with one attached hydrogen (secondary N) is 1. The zero-order valence-electron chi connectivity index (χ0n) is 15.8. The van der Waals surface area contributed by atoms with Crippen molar-refractivity contribution in [3.05, 3.63) is 11.8 Å². The number of piperazine rings is 1. The van der Waals surface area contributed by atoms with Crippen molar-refractivity contribution in [2.24, 2.45) is 5.92 Å². The van der Waals surface area contributed by atoms with Crippen molar-refractivity contribution < 1.29 is 14.6 Å². The first-order valence-corrected chi connectivity index (χ1v) is 10.1. The van der Waals surface area contributed by atoms with Gasteiger partial charge in [0.1, 0.15) is 5.82 Å². The van der Waals surface area contributed by atoms with Gasteiger partial charge in [0.2, 0.25) is 11.9 Å². The summed E-state index contributed by atoms with van der Waals surface area (Å²) in [6.45, 7) is 5.00. The molecule has 0 unspecified atom stereocenters. The molecule has 0 bridgehead atoms. The standard InChI is InChI=1S/C19H29N5O3/c25-10-5-20-19-21-16(15-4-11-27-13-15)12-17(22-19)23-6-8-24(9-7-23)18(26)14-2-1-3-14/h12,14-15,25H,1-11,13H2,(H,20,21,22)/t15-/m1/s1. The Kier molecular flexibility index (Phi) is 5.73. The Morgan fingerprint density at radius 1 is 1.22 bits per heavy atom. The van der Waals surface area contributed by atoms with Crippen molar-refractivity contribution in [2.45, 2.75) is 31.6 Å². The number of carbonyl (C=O) groups excluding carboxylic acids is 1.